The van der Waals surface area contributed by atoms with Crippen LogP contribution in [0.3, 0.4) is 0 Å². The van der Waals surface area contributed by atoms with E-state index in [1.807, 2.05) is 29.2 Å². The summed E-state index contributed by atoms with van der Waals surface area (Å²) < 4.78 is 29.7. The van der Waals surface area contributed by atoms with Crippen molar-refractivity contribution < 1.29 is 13.2 Å². The first-order valence-corrected chi connectivity index (χ1v) is 11.2. The Labute approximate surface area is 171 Å². The molecule has 2 aromatic carbocycles. The number of anilines is 1. The van der Waals surface area contributed by atoms with E-state index in [0.717, 1.165) is 22.1 Å². The van der Waals surface area contributed by atoms with Crippen LogP contribution in [0.25, 0.3) is 0 Å². The third kappa shape index (κ3) is 3.73. The van der Waals surface area contributed by atoms with E-state index < -0.39 is 10.0 Å². The van der Waals surface area contributed by atoms with Gasteiger partial charge in [-0.15, -0.1) is 4.40 Å². The highest BCUT2D eigenvalue weighted by Crippen LogP contribution is 2.30. The number of halogens is 1. The third-order valence-corrected chi connectivity index (χ3v) is 6.86. The predicted molar refractivity (Wildman–Crippen MR) is 112 cm³/mol. The molecule has 0 aliphatic carbocycles. The summed E-state index contributed by atoms with van der Waals surface area (Å²) in [5.74, 6) is 0.198. The van der Waals surface area contributed by atoms with Gasteiger partial charge in [0.25, 0.3) is 10.0 Å². The van der Waals surface area contributed by atoms with Gasteiger partial charge < -0.3 is 10.2 Å². The Morgan fingerprint density at radius 1 is 1.15 bits per heavy atom. The van der Waals surface area contributed by atoms with Gasteiger partial charge in [-0.3, -0.25) is 4.79 Å². The largest absolute Gasteiger partial charge is 0.355 e. The van der Waals surface area contributed by atoms with Crippen molar-refractivity contribution in [1.82, 2.24) is 4.90 Å². The molecule has 2 aliphatic heterocycles. The molecule has 2 heterocycles. The van der Waals surface area contributed by atoms with Gasteiger partial charge in [0, 0.05) is 27.9 Å². The summed E-state index contributed by atoms with van der Waals surface area (Å²) in [7, 11) is -3.65. The standard InChI is InChI=1S/C19H18IN3O3S/c20-14-7-9-15(10-8-14)21-19(24)13-4-3-11-23(12-13)18-16-5-1-2-6-17(16)27(25,26)22-18/h1-2,5-10,13H,3-4,11-12H2,(H,21,24). The van der Waals surface area contributed by atoms with Crippen molar-refractivity contribution in [2.24, 2.45) is 10.3 Å². The minimum absolute atomic E-state index is 0.0457. The van der Waals surface area contributed by atoms with Gasteiger partial charge in [-0.05, 0) is 71.8 Å². The quantitative estimate of drug-likeness (QED) is 0.650. The van der Waals surface area contributed by atoms with Crippen molar-refractivity contribution >= 4 is 50.0 Å². The lowest BCUT2D eigenvalue weighted by Gasteiger charge is -2.33. The van der Waals surface area contributed by atoms with Crippen LogP contribution in [-0.4, -0.2) is 38.2 Å². The van der Waals surface area contributed by atoms with Crippen molar-refractivity contribution in [3.63, 3.8) is 0 Å². The minimum Gasteiger partial charge on any atom is -0.355 e. The van der Waals surface area contributed by atoms with E-state index in [0.29, 0.717) is 24.5 Å². The second kappa shape index (κ2) is 7.23. The van der Waals surface area contributed by atoms with Crippen LogP contribution in [0.5, 0.6) is 0 Å². The number of piperidine rings is 1. The molecule has 140 valence electrons. The van der Waals surface area contributed by atoms with Crippen LogP contribution >= 0.6 is 22.6 Å². The van der Waals surface area contributed by atoms with Crippen LogP contribution in [0.2, 0.25) is 0 Å². The maximum Gasteiger partial charge on any atom is 0.285 e. The molecule has 27 heavy (non-hydrogen) atoms. The van der Waals surface area contributed by atoms with Gasteiger partial charge in [0.15, 0.2) is 5.84 Å². The number of carbonyl (C=O) groups excluding carboxylic acids is 1. The Hall–Kier alpha value is -1.94. The normalized spacial score (nSPS) is 20.7. The number of rotatable bonds is 2. The van der Waals surface area contributed by atoms with Crippen LogP contribution in [0.15, 0.2) is 57.8 Å². The fourth-order valence-corrected chi connectivity index (χ4v) is 5.06. The van der Waals surface area contributed by atoms with E-state index in [4.69, 9.17) is 0 Å². The minimum atomic E-state index is -3.65. The average molecular weight is 495 g/mol. The van der Waals surface area contributed by atoms with Crippen LogP contribution in [0, 0.1) is 9.49 Å². The fraction of sp³-hybridized carbons (Fsp3) is 0.263. The second-order valence-electron chi connectivity index (χ2n) is 6.67. The smallest absolute Gasteiger partial charge is 0.285 e. The van der Waals surface area contributed by atoms with Crippen molar-refractivity contribution in [3.05, 3.63) is 57.7 Å². The first kappa shape index (κ1) is 18.4. The second-order valence-corrected chi connectivity index (χ2v) is 9.49. The van der Waals surface area contributed by atoms with Crippen molar-refractivity contribution in [2.75, 3.05) is 18.4 Å². The molecule has 0 bridgehead atoms. The Bertz CT molecular complexity index is 1020. The van der Waals surface area contributed by atoms with Crippen LogP contribution in [0.1, 0.15) is 18.4 Å². The molecule has 0 radical (unpaired) electrons. The lowest BCUT2D eigenvalue weighted by molar-refractivity contribution is -0.121. The summed E-state index contributed by atoms with van der Waals surface area (Å²) in [6.07, 6.45) is 1.58. The van der Waals surface area contributed by atoms with Crippen molar-refractivity contribution in [1.29, 1.82) is 0 Å². The summed E-state index contributed by atoms with van der Waals surface area (Å²) in [6.45, 7) is 1.15. The van der Waals surface area contributed by atoms with Crippen LogP contribution in [0.4, 0.5) is 5.69 Å². The number of amides is 1. The molecular weight excluding hydrogens is 477 g/mol. The highest BCUT2D eigenvalue weighted by molar-refractivity contribution is 14.1. The van der Waals surface area contributed by atoms with E-state index in [1.54, 1.807) is 24.3 Å². The molecule has 4 rings (SSSR count). The van der Waals surface area contributed by atoms with Crippen molar-refractivity contribution in [3.8, 4) is 0 Å². The molecule has 1 amide bonds. The van der Waals surface area contributed by atoms with Gasteiger partial charge in [0.2, 0.25) is 5.91 Å². The number of amidine groups is 1. The summed E-state index contributed by atoms with van der Waals surface area (Å²) in [5.41, 5.74) is 1.39. The SMILES string of the molecule is O=C(Nc1ccc(I)cc1)C1CCCN(C2=NS(=O)(=O)c3ccccc32)C1. The number of fused-ring (bicyclic) bond motifs is 1. The molecule has 0 spiro atoms. The fourth-order valence-electron chi connectivity index (χ4n) is 3.48. The lowest BCUT2D eigenvalue weighted by Crippen LogP contribution is -2.43. The molecule has 8 heteroatoms. The molecule has 0 aromatic heterocycles. The van der Waals surface area contributed by atoms with Crippen LogP contribution < -0.4 is 5.32 Å². The van der Waals surface area contributed by atoms with Gasteiger partial charge in [0.05, 0.1) is 5.92 Å². The highest BCUT2D eigenvalue weighted by Gasteiger charge is 2.35. The number of nitrogens with one attached hydrogen (secondary N) is 1. The number of sulfonamides is 1. The molecule has 1 atom stereocenters. The number of hydrogen-bond acceptors (Lipinski definition) is 4. The maximum atomic E-state index is 12.7. The van der Waals surface area contributed by atoms with Crippen LogP contribution in [-0.2, 0) is 14.8 Å². The summed E-state index contributed by atoms with van der Waals surface area (Å²) >= 11 is 2.22. The summed E-state index contributed by atoms with van der Waals surface area (Å²) in [6, 6.07) is 14.5. The summed E-state index contributed by atoms with van der Waals surface area (Å²) in [5, 5.41) is 2.96. The molecule has 1 saturated heterocycles. The predicted octanol–water partition coefficient (Wildman–Crippen LogP) is 3.09. The molecule has 2 aromatic rings. The van der Waals surface area contributed by atoms with E-state index >= 15 is 0 Å². The third-order valence-electron chi connectivity index (χ3n) is 4.82. The van der Waals surface area contributed by atoms with E-state index in [2.05, 4.69) is 32.3 Å². The molecule has 1 N–H and O–H groups in total. The number of carbonyl (C=O) groups is 1. The van der Waals surface area contributed by atoms with Gasteiger partial charge in [0.1, 0.15) is 4.90 Å². The van der Waals surface area contributed by atoms with Crippen molar-refractivity contribution in [2.45, 2.75) is 17.7 Å². The number of benzene rings is 2. The topological polar surface area (TPSA) is 78.8 Å². The highest BCUT2D eigenvalue weighted by atomic mass is 127. The molecule has 2 aliphatic rings. The van der Waals surface area contributed by atoms with Gasteiger partial charge in [-0.1, -0.05) is 12.1 Å². The molecule has 1 unspecified atom stereocenters. The van der Waals surface area contributed by atoms with Gasteiger partial charge in [-0.25, -0.2) is 0 Å². The Morgan fingerprint density at radius 2 is 1.89 bits per heavy atom. The zero-order valence-electron chi connectivity index (χ0n) is 14.4. The number of nitrogens with zero attached hydrogens (tertiary/aromatic N) is 2. The Morgan fingerprint density at radius 3 is 2.67 bits per heavy atom. The first-order chi connectivity index (χ1) is 12.9. The first-order valence-electron chi connectivity index (χ1n) is 8.70. The number of hydrogen-bond donors (Lipinski definition) is 1. The Balaban J connectivity index is 1.52. The zero-order chi connectivity index (χ0) is 19.0. The van der Waals surface area contributed by atoms with E-state index in [9.17, 15) is 13.2 Å². The Kier molecular flexibility index (Phi) is 4.94. The maximum absolute atomic E-state index is 12.7. The average Bonchev–Trinajstić information content (AvgIpc) is 2.95. The van der Waals surface area contributed by atoms with Gasteiger partial charge in [-0.2, -0.15) is 8.42 Å². The van der Waals surface area contributed by atoms with E-state index in [1.165, 1.54) is 0 Å². The monoisotopic (exact) mass is 495 g/mol. The number of likely N-dealkylation sites (tertiary alicyclic amines) is 1. The summed E-state index contributed by atoms with van der Waals surface area (Å²) in [4.78, 5) is 14.9. The molecular formula is C19H18IN3O3S. The van der Waals surface area contributed by atoms with E-state index in [-0.39, 0.29) is 16.7 Å². The zero-order valence-corrected chi connectivity index (χ0v) is 17.4. The molecule has 6 nitrogen and oxygen atoms in total. The molecule has 1 fully saturated rings. The lowest BCUT2D eigenvalue weighted by atomic mass is 9.96. The molecule has 0 saturated carbocycles. The van der Waals surface area contributed by atoms with Gasteiger partial charge >= 0.3 is 0 Å².